The van der Waals surface area contributed by atoms with Gasteiger partial charge in [0.15, 0.2) is 0 Å². The molecule has 2 fully saturated rings. The summed E-state index contributed by atoms with van der Waals surface area (Å²) in [6.07, 6.45) is 7.82. The summed E-state index contributed by atoms with van der Waals surface area (Å²) in [4.78, 5) is 10.2. The number of epoxide rings is 1. The molecule has 1 saturated heterocycles. The van der Waals surface area contributed by atoms with E-state index in [-0.39, 0.29) is 0 Å². The van der Waals surface area contributed by atoms with Gasteiger partial charge in [0.1, 0.15) is 5.78 Å². The first-order valence-electron chi connectivity index (χ1n) is 7.67. The smallest absolute Gasteiger partial charge is 0.135 e. The molecule has 0 radical (unpaired) electrons. The first-order valence-corrected chi connectivity index (χ1v) is 7.67. The molecule has 18 heavy (non-hydrogen) atoms. The van der Waals surface area contributed by atoms with Crippen LogP contribution < -0.4 is 0 Å². The van der Waals surface area contributed by atoms with Crippen molar-refractivity contribution in [1.29, 1.82) is 0 Å². The van der Waals surface area contributed by atoms with Crippen molar-refractivity contribution in [3.8, 4) is 0 Å². The van der Waals surface area contributed by atoms with Gasteiger partial charge in [0.05, 0.1) is 12.7 Å². The highest BCUT2D eigenvalue weighted by Gasteiger charge is 2.21. The van der Waals surface area contributed by atoms with E-state index in [0.29, 0.717) is 17.8 Å². The average Bonchev–Trinajstić information content (AvgIpc) is 3.20. The van der Waals surface area contributed by atoms with Gasteiger partial charge in [-0.1, -0.05) is 60.3 Å². The van der Waals surface area contributed by atoms with E-state index in [1.807, 2.05) is 6.92 Å². The molecular weight excluding hydrogens is 224 g/mol. The van der Waals surface area contributed by atoms with E-state index >= 15 is 0 Å². The topological polar surface area (TPSA) is 29.6 Å². The van der Waals surface area contributed by atoms with Crippen LogP contribution in [0, 0.1) is 5.92 Å². The molecule has 2 unspecified atom stereocenters. The van der Waals surface area contributed by atoms with Gasteiger partial charge in [0.2, 0.25) is 0 Å². The molecule has 1 heterocycles. The number of hydrogen-bond acceptors (Lipinski definition) is 2. The second kappa shape index (κ2) is 14.7. The van der Waals surface area contributed by atoms with Crippen LogP contribution in [0.5, 0.6) is 0 Å². The highest BCUT2D eigenvalue weighted by atomic mass is 16.6. The number of hydrogen-bond donors (Lipinski definition) is 0. The van der Waals surface area contributed by atoms with Gasteiger partial charge in [-0.15, -0.1) is 0 Å². The summed E-state index contributed by atoms with van der Waals surface area (Å²) < 4.78 is 4.71. The molecule has 0 bridgehead atoms. The largest absolute Gasteiger partial charge is 0.373 e. The summed E-state index contributed by atoms with van der Waals surface area (Å²) in [6.45, 7) is 13.7. The molecule has 1 aliphatic heterocycles. The number of Topliss-reactive ketones (excluding diaryl/α,β-unsaturated/α-hetero) is 1. The fourth-order valence-electron chi connectivity index (χ4n) is 0.647. The third kappa shape index (κ3) is 18.0. The zero-order valence-electron chi connectivity index (χ0n) is 13.4. The third-order valence-electron chi connectivity index (χ3n) is 2.87. The lowest BCUT2D eigenvalue weighted by atomic mass is 9.86. The van der Waals surface area contributed by atoms with Gasteiger partial charge in [-0.3, -0.25) is 4.79 Å². The van der Waals surface area contributed by atoms with Crippen LogP contribution in [0.15, 0.2) is 0 Å². The summed E-state index contributed by atoms with van der Waals surface area (Å²) in [5, 5.41) is 0. The number of ketones is 1. The molecule has 0 N–H and O–H groups in total. The Morgan fingerprint density at radius 3 is 1.28 bits per heavy atom. The SMILES string of the molecule is CC1CCC1=O.CC1CO1.CCCC.CCCC. The van der Waals surface area contributed by atoms with Crippen LogP contribution in [0.1, 0.15) is 80.1 Å². The van der Waals surface area contributed by atoms with Gasteiger partial charge in [-0.25, -0.2) is 0 Å². The molecule has 2 rings (SSSR count). The lowest BCUT2D eigenvalue weighted by Gasteiger charge is -2.17. The average molecular weight is 258 g/mol. The van der Waals surface area contributed by atoms with Gasteiger partial charge in [0, 0.05) is 12.3 Å². The van der Waals surface area contributed by atoms with E-state index in [4.69, 9.17) is 4.74 Å². The first-order chi connectivity index (χ1) is 8.53. The summed E-state index contributed by atoms with van der Waals surface area (Å²) in [6, 6.07) is 0. The standard InChI is InChI=1S/C5H8O.2C4H10.C3H6O/c1-4-2-3-5(4)6;2*1-3-4-2;1-3-2-4-3/h4H,2-3H2,1H3;2*3-4H2,1-2H3;3H,2H2,1H3. The fraction of sp³-hybridized carbons (Fsp3) is 0.938. The summed E-state index contributed by atoms with van der Waals surface area (Å²) >= 11 is 0. The number of rotatable bonds is 2. The van der Waals surface area contributed by atoms with Crippen LogP contribution in [-0.2, 0) is 9.53 Å². The molecule has 2 atom stereocenters. The number of carbonyl (C=O) groups is 1. The van der Waals surface area contributed by atoms with E-state index in [2.05, 4.69) is 34.6 Å². The molecule has 0 amide bonds. The van der Waals surface area contributed by atoms with E-state index in [1.165, 1.54) is 25.7 Å². The molecule has 0 spiro atoms. The molecule has 110 valence electrons. The number of carbonyl (C=O) groups excluding carboxylic acids is 1. The Morgan fingerprint density at radius 1 is 1.00 bits per heavy atom. The van der Waals surface area contributed by atoms with Crippen LogP contribution in [0.3, 0.4) is 0 Å². The lowest BCUT2D eigenvalue weighted by molar-refractivity contribution is -0.128. The maximum atomic E-state index is 10.2. The summed E-state index contributed by atoms with van der Waals surface area (Å²) in [5.74, 6) is 0.833. The third-order valence-corrected chi connectivity index (χ3v) is 2.87. The van der Waals surface area contributed by atoms with Crippen molar-refractivity contribution in [3.05, 3.63) is 0 Å². The zero-order chi connectivity index (χ0) is 14.4. The van der Waals surface area contributed by atoms with Crippen molar-refractivity contribution in [2.45, 2.75) is 86.2 Å². The minimum absolute atomic E-state index is 0.394. The lowest BCUT2D eigenvalue weighted by Crippen LogP contribution is -2.21. The molecule has 2 aliphatic rings. The number of ether oxygens (including phenoxy) is 1. The minimum atomic E-state index is 0.394. The normalized spacial score (nSPS) is 23.1. The highest BCUT2D eigenvalue weighted by Crippen LogP contribution is 2.20. The van der Waals surface area contributed by atoms with Gasteiger partial charge in [-0.05, 0) is 13.3 Å². The molecule has 1 aliphatic carbocycles. The Kier molecular flexibility index (Phi) is 16.3. The Labute approximate surface area is 114 Å². The van der Waals surface area contributed by atoms with E-state index in [0.717, 1.165) is 19.4 Å². The maximum Gasteiger partial charge on any atom is 0.135 e. The van der Waals surface area contributed by atoms with E-state index in [9.17, 15) is 4.79 Å². The molecule has 0 aromatic rings. The molecule has 2 heteroatoms. The van der Waals surface area contributed by atoms with E-state index in [1.54, 1.807) is 0 Å². The van der Waals surface area contributed by atoms with Gasteiger partial charge < -0.3 is 4.74 Å². The van der Waals surface area contributed by atoms with Crippen LogP contribution in [0.2, 0.25) is 0 Å². The van der Waals surface area contributed by atoms with Crippen molar-refractivity contribution < 1.29 is 9.53 Å². The quantitative estimate of drug-likeness (QED) is 0.652. The Hall–Kier alpha value is -0.370. The number of unbranched alkanes of at least 4 members (excludes halogenated alkanes) is 2. The monoisotopic (exact) mass is 258 g/mol. The Bertz CT molecular complexity index is 166. The molecule has 2 nitrogen and oxygen atoms in total. The predicted octanol–water partition coefficient (Wildman–Crippen LogP) is 5.00. The molecule has 1 saturated carbocycles. The van der Waals surface area contributed by atoms with Gasteiger partial charge >= 0.3 is 0 Å². The van der Waals surface area contributed by atoms with Crippen LogP contribution >= 0.6 is 0 Å². The second-order valence-corrected chi connectivity index (χ2v) is 5.05. The Morgan fingerprint density at radius 2 is 1.28 bits per heavy atom. The van der Waals surface area contributed by atoms with Crippen molar-refractivity contribution in [2.24, 2.45) is 5.92 Å². The minimum Gasteiger partial charge on any atom is -0.373 e. The van der Waals surface area contributed by atoms with Gasteiger partial charge in [0.25, 0.3) is 0 Å². The van der Waals surface area contributed by atoms with Crippen molar-refractivity contribution in [3.63, 3.8) is 0 Å². The van der Waals surface area contributed by atoms with Crippen LogP contribution in [0.4, 0.5) is 0 Å². The van der Waals surface area contributed by atoms with Crippen molar-refractivity contribution in [2.75, 3.05) is 6.61 Å². The van der Waals surface area contributed by atoms with Crippen molar-refractivity contribution in [1.82, 2.24) is 0 Å². The van der Waals surface area contributed by atoms with Crippen LogP contribution in [0.25, 0.3) is 0 Å². The van der Waals surface area contributed by atoms with E-state index < -0.39 is 0 Å². The second-order valence-electron chi connectivity index (χ2n) is 5.05. The molecular formula is C16H34O2. The zero-order valence-corrected chi connectivity index (χ0v) is 13.4. The van der Waals surface area contributed by atoms with Gasteiger partial charge in [-0.2, -0.15) is 0 Å². The van der Waals surface area contributed by atoms with Crippen molar-refractivity contribution >= 4 is 5.78 Å². The summed E-state index contributed by atoms with van der Waals surface area (Å²) in [7, 11) is 0. The predicted molar refractivity (Wildman–Crippen MR) is 80.0 cm³/mol. The Balaban J connectivity index is 0. The summed E-state index contributed by atoms with van der Waals surface area (Å²) in [5.41, 5.74) is 0. The highest BCUT2D eigenvalue weighted by molar-refractivity contribution is 5.85. The fourth-order valence-corrected chi connectivity index (χ4v) is 0.647. The molecule has 0 aromatic carbocycles. The first kappa shape index (κ1) is 20.0. The molecule has 0 aromatic heterocycles. The maximum absolute atomic E-state index is 10.2. The van der Waals surface area contributed by atoms with Crippen LogP contribution in [-0.4, -0.2) is 18.5 Å².